The lowest BCUT2D eigenvalue weighted by molar-refractivity contribution is 0.436. The van der Waals surface area contributed by atoms with Gasteiger partial charge in [-0.1, -0.05) is 58.2 Å². The quantitative estimate of drug-likeness (QED) is 0.666. The Morgan fingerprint density at radius 3 is 2.38 bits per heavy atom. The molecule has 0 atom stereocenters. The molecule has 1 heterocycles. The third kappa shape index (κ3) is 2.60. The van der Waals surface area contributed by atoms with Crippen molar-refractivity contribution in [2.45, 2.75) is 0 Å². The molecule has 0 unspecified atom stereocenters. The standard InChI is InChI=1S/C15H9Cl3N2O/c16-10-4-2-1-3-9(10)14-13(15(19)20-21-14)8-5-6-11(17)12(18)7-8/h1-7H,(H2,19,20). The van der Waals surface area contributed by atoms with Gasteiger partial charge in [-0.25, -0.2) is 0 Å². The number of halogens is 3. The Kier molecular flexibility index (Phi) is 3.81. The molecule has 2 N–H and O–H groups in total. The van der Waals surface area contributed by atoms with E-state index < -0.39 is 0 Å². The molecule has 0 amide bonds. The van der Waals surface area contributed by atoms with E-state index >= 15 is 0 Å². The van der Waals surface area contributed by atoms with Gasteiger partial charge >= 0.3 is 0 Å². The van der Waals surface area contributed by atoms with Crippen LogP contribution in [0.5, 0.6) is 0 Å². The molecule has 6 heteroatoms. The molecule has 3 aromatic rings. The molecule has 3 nitrogen and oxygen atoms in total. The van der Waals surface area contributed by atoms with Gasteiger partial charge in [0.15, 0.2) is 11.6 Å². The maximum absolute atomic E-state index is 6.21. The first-order valence-electron chi connectivity index (χ1n) is 6.03. The van der Waals surface area contributed by atoms with Crippen LogP contribution in [-0.2, 0) is 0 Å². The fourth-order valence-electron chi connectivity index (χ4n) is 2.06. The van der Waals surface area contributed by atoms with Crippen LogP contribution in [0.2, 0.25) is 15.1 Å². The zero-order valence-corrected chi connectivity index (χ0v) is 12.9. The van der Waals surface area contributed by atoms with Crippen LogP contribution in [0.15, 0.2) is 47.0 Å². The number of nitrogens with zero attached hydrogens (tertiary/aromatic N) is 1. The lowest BCUT2D eigenvalue weighted by Crippen LogP contribution is -1.89. The van der Waals surface area contributed by atoms with Crippen molar-refractivity contribution in [1.82, 2.24) is 5.16 Å². The van der Waals surface area contributed by atoms with E-state index in [4.69, 9.17) is 45.1 Å². The second-order valence-electron chi connectivity index (χ2n) is 4.38. The SMILES string of the molecule is Nc1noc(-c2ccccc2Cl)c1-c1ccc(Cl)c(Cl)c1. The molecule has 0 aliphatic rings. The molecule has 0 saturated carbocycles. The van der Waals surface area contributed by atoms with Crippen molar-refractivity contribution >= 4 is 40.6 Å². The molecule has 0 spiro atoms. The van der Waals surface area contributed by atoms with Crippen LogP contribution in [0.1, 0.15) is 0 Å². The maximum Gasteiger partial charge on any atom is 0.178 e. The van der Waals surface area contributed by atoms with E-state index in [1.807, 2.05) is 18.2 Å². The minimum Gasteiger partial charge on any atom is -0.380 e. The molecular weight excluding hydrogens is 331 g/mol. The predicted octanol–water partition coefficient (Wildman–Crippen LogP) is 5.55. The van der Waals surface area contributed by atoms with Crippen LogP contribution in [0.4, 0.5) is 5.82 Å². The molecule has 0 saturated heterocycles. The fourth-order valence-corrected chi connectivity index (χ4v) is 2.58. The molecule has 106 valence electrons. The molecule has 21 heavy (non-hydrogen) atoms. The Labute approximate surface area is 136 Å². The van der Waals surface area contributed by atoms with Gasteiger partial charge < -0.3 is 10.3 Å². The number of nitrogens with two attached hydrogens (primary N) is 1. The van der Waals surface area contributed by atoms with Crippen LogP contribution in [0, 0.1) is 0 Å². The van der Waals surface area contributed by atoms with Gasteiger partial charge in [0.05, 0.1) is 20.6 Å². The highest BCUT2D eigenvalue weighted by Gasteiger charge is 2.20. The highest BCUT2D eigenvalue weighted by molar-refractivity contribution is 6.42. The molecule has 2 aromatic carbocycles. The number of benzene rings is 2. The Bertz CT molecular complexity index is 814. The summed E-state index contributed by atoms with van der Waals surface area (Å²) in [6.07, 6.45) is 0. The summed E-state index contributed by atoms with van der Waals surface area (Å²) in [5.41, 5.74) is 8.04. The Hall–Kier alpha value is -1.68. The first kappa shape index (κ1) is 14.3. The summed E-state index contributed by atoms with van der Waals surface area (Å²) in [5, 5.41) is 5.28. The third-order valence-electron chi connectivity index (χ3n) is 3.05. The summed E-state index contributed by atoms with van der Waals surface area (Å²) in [4.78, 5) is 0. The lowest BCUT2D eigenvalue weighted by atomic mass is 10.0. The summed E-state index contributed by atoms with van der Waals surface area (Å²) in [5.74, 6) is 0.764. The van der Waals surface area contributed by atoms with Crippen molar-refractivity contribution in [3.8, 4) is 22.5 Å². The van der Waals surface area contributed by atoms with Crippen LogP contribution < -0.4 is 5.73 Å². The van der Waals surface area contributed by atoms with Gasteiger partial charge in [-0.3, -0.25) is 0 Å². The van der Waals surface area contributed by atoms with Crippen LogP contribution in [0.3, 0.4) is 0 Å². The average Bonchev–Trinajstić information content (AvgIpc) is 2.84. The number of anilines is 1. The highest BCUT2D eigenvalue weighted by Crippen LogP contribution is 2.40. The van der Waals surface area contributed by atoms with Crippen molar-refractivity contribution in [2.75, 3.05) is 5.73 Å². The number of rotatable bonds is 2. The van der Waals surface area contributed by atoms with Crippen molar-refractivity contribution in [2.24, 2.45) is 0 Å². The Balaban J connectivity index is 2.22. The Morgan fingerprint density at radius 1 is 0.905 bits per heavy atom. The van der Waals surface area contributed by atoms with Gasteiger partial charge in [0.25, 0.3) is 0 Å². The summed E-state index contributed by atoms with van der Waals surface area (Å²) in [6.45, 7) is 0. The zero-order valence-electron chi connectivity index (χ0n) is 10.6. The number of nitrogen functional groups attached to an aromatic ring is 1. The summed E-state index contributed by atoms with van der Waals surface area (Å²) < 4.78 is 5.35. The molecular formula is C15H9Cl3N2O. The van der Waals surface area contributed by atoms with Gasteiger partial charge in [0.2, 0.25) is 0 Å². The van der Waals surface area contributed by atoms with E-state index in [-0.39, 0.29) is 5.82 Å². The van der Waals surface area contributed by atoms with E-state index in [2.05, 4.69) is 5.16 Å². The fraction of sp³-hybridized carbons (Fsp3) is 0. The highest BCUT2D eigenvalue weighted by atomic mass is 35.5. The van der Waals surface area contributed by atoms with Crippen LogP contribution in [-0.4, -0.2) is 5.16 Å². The van der Waals surface area contributed by atoms with Gasteiger partial charge in [-0.05, 0) is 29.8 Å². The van der Waals surface area contributed by atoms with Gasteiger partial charge in [0.1, 0.15) is 0 Å². The van der Waals surface area contributed by atoms with Crippen molar-refractivity contribution in [3.05, 3.63) is 57.5 Å². The molecule has 0 aliphatic heterocycles. The second kappa shape index (κ2) is 5.60. The van der Waals surface area contributed by atoms with Crippen molar-refractivity contribution < 1.29 is 4.52 Å². The maximum atomic E-state index is 6.21. The number of hydrogen-bond acceptors (Lipinski definition) is 3. The van der Waals surface area contributed by atoms with Gasteiger partial charge in [-0.15, -0.1) is 0 Å². The summed E-state index contributed by atoms with van der Waals surface area (Å²) >= 11 is 18.2. The molecule has 0 fully saturated rings. The molecule has 0 radical (unpaired) electrons. The minimum atomic E-state index is 0.267. The minimum absolute atomic E-state index is 0.267. The van der Waals surface area contributed by atoms with E-state index in [1.165, 1.54) is 0 Å². The summed E-state index contributed by atoms with van der Waals surface area (Å²) in [7, 11) is 0. The van der Waals surface area contributed by atoms with Gasteiger partial charge in [-0.2, -0.15) is 0 Å². The van der Waals surface area contributed by atoms with E-state index in [1.54, 1.807) is 24.3 Å². The second-order valence-corrected chi connectivity index (χ2v) is 5.60. The van der Waals surface area contributed by atoms with Crippen molar-refractivity contribution in [3.63, 3.8) is 0 Å². The molecule has 1 aromatic heterocycles. The van der Waals surface area contributed by atoms with Gasteiger partial charge in [0, 0.05) is 5.56 Å². The first-order valence-corrected chi connectivity index (χ1v) is 7.17. The van der Waals surface area contributed by atoms with Crippen LogP contribution in [0.25, 0.3) is 22.5 Å². The number of hydrogen-bond donors (Lipinski definition) is 1. The average molecular weight is 340 g/mol. The normalized spacial score (nSPS) is 10.8. The third-order valence-corrected chi connectivity index (χ3v) is 4.11. The van der Waals surface area contributed by atoms with Crippen molar-refractivity contribution in [1.29, 1.82) is 0 Å². The topological polar surface area (TPSA) is 52.0 Å². The molecule has 3 rings (SSSR count). The monoisotopic (exact) mass is 338 g/mol. The summed E-state index contributed by atoms with van der Waals surface area (Å²) in [6, 6.07) is 12.5. The van der Waals surface area contributed by atoms with E-state index in [0.717, 1.165) is 5.56 Å². The van der Waals surface area contributed by atoms with E-state index in [9.17, 15) is 0 Å². The molecule has 0 aliphatic carbocycles. The first-order chi connectivity index (χ1) is 10.1. The lowest BCUT2D eigenvalue weighted by Gasteiger charge is -2.05. The van der Waals surface area contributed by atoms with Crippen LogP contribution >= 0.6 is 34.8 Å². The zero-order chi connectivity index (χ0) is 15.0. The smallest absolute Gasteiger partial charge is 0.178 e. The Morgan fingerprint density at radius 2 is 1.67 bits per heavy atom. The number of aromatic nitrogens is 1. The predicted molar refractivity (Wildman–Crippen MR) is 86.8 cm³/mol. The molecule has 0 bridgehead atoms. The largest absolute Gasteiger partial charge is 0.380 e. The van der Waals surface area contributed by atoms with E-state index in [0.29, 0.717) is 32.0 Å².